The molecule has 0 unspecified atom stereocenters. The molecule has 0 bridgehead atoms. The van der Waals surface area contributed by atoms with Gasteiger partial charge in [0, 0.05) is 31.1 Å². The van der Waals surface area contributed by atoms with Gasteiger partial charge in [-0.15, -0.1) is 0 Å². The van der Waals surface area contributed by atoms with Crippen molar-refractivity contribution in [2.45, 2.75) is 32.0 Å². The van der Waals surface area contributed by atoms with Crippen LogP contribution in [0.2, 0.25) is 0 Å². The molecule has 0 spiro atoms. The van der Waals surface area contributed by atoms with E-state index in [2.05, 4.69) is 5.10 Å². The van der Waals surface area contributed by atoms with Crippen LogP contribution in [0, 0.1) is 16.4 Å². The molecule has 0 saturated heterocycles. The minimum absolute atomic E-state index is 0.364. The molecular formula is C15H18F2N4S. The quantitative estimate of drug-likeness (QED) is 0.790. The number of benzene rings is 1. The van der Waals surface area contributed by atoms with E-state index in [1.165, 1.54) is 12.1 Å². The van der Waals surface area contributed by atoms with Crippen molar-refractivity contribution in [3.63, 3.8) is 0 Å². The molecule has 1 aromatic heterocycles. The molecule has 1 fully saturated rings. The van der Waals surface area contributed by atoms with E-state index in [-0.39, 0.29) is 0 Å². The second-order valence-electron chi connectivity index (χ2n) is 5.86. The molecule has 22 heavy (non-hydrogen) atoms. The Hall–Kier alpha value is -1.60. The van der Waals surface area contributed by atoms with Crippen LogP contribution >= 0.6 is 12.2 Å². The predicted molar refractivity (Wildman–Crippen MR) is 81.8 cm³/mol. The molecule has 3 rings (SSSR count). The molecule has 1 heterocycles. The Labute approximate surface area is 133 Å². The lowest BCUT2D eigenvalue weighted by Gasteiger charge is -2.16. The number of aromatic nitrogens is 3. The van der Waals surface area contributed by atoms with Crippen molar-refractivity contribution in [3.05, 3.63) is 46.0 Å². The lowest BCUT2D eigenvalue weighted by molar-refractivity contribution is 0.240. The third-order valence-corrected chi connectivity index (χ3v) is 4.33. The van der Waals surface area contributed by atoms with Crippen molar-refractivity contribution in [3.8, 4) is 0 Å². The normalized spacial score (nSPS) is 14.8. The molecule has 118 valence electrons. The molecule has 1 aliphatic rings. The van der Waals surface area contributed by atoms with Crippen molar-refractivity contribution < 1.29 is 8.78 Å². The fraction of sp³-hybridized carbons (Fsp3) is 0.467. The highest BCUT2D eigenvalue weighted by Gasteiger charge is 2.29. The van der Waals surface area contributed by atoms with Gasteiger partial charge < -0.3 is 4.57 Å². The van der Waals surface area contributed by atoms with Gasteiger partial charge >= 0.3 is 0 Å². The Morgan fingerprint density at radius 3 is 2.73 bits per heavy atom. The molecule has 0 aliphatic heterocycles. The number of halogens is 2. The first-order valence-electron chi connectivity index (χ1n) is 7.22. The maximum absolute atomic E-state index is 13.7. The zero-order valence-electron chi connectivity index (χ0n) is 12.6. The van der Waals surface area contributed by atoms with Crippen molar-refractivity contribution in [1.82, 2.24) is 19.2 Å². The molecule has 0 radical (unpaired) electrons. The summed E-state index contributed by atoms with van der Waals surface area (Å²) in [6, 6.07) is 3.64. The number of nitrogens with zero attached hydrogens (tertiary/aromatic N) is 4. The fourth-order valence-corrected chi connectivity index (χ4v) is 2.71. The summed E-state index contributed by atoms with van der Waals surface area (Å²) in [5.41, 5.74) is 0.453. The Morgan fingerprint density at radius 2 is 2.09 bits per heavy atom. The lowest BCUT2D eigenvalue weighted by atomic mass is 10.2. The third-order valence-electron chi connectivity index (χ3n) is 3.85. The number of hydrogen-bond acceptors (Lipinski definition) is 3. The van der Waals surface area contributed by atoms with Gasteiger partial charge in [0.1, 0.15) is 17.5 Å². The highest BCUT2D eigenvalue weighted by molar-refractivity contribution is 7.71. The molecule has 4 nitrogen and oxygen atoms in total. The standard InChI is InChI=1S/C15H18F2N4S/c1-19(8-11-5-6-12(16)7-13(11)17)9-21-15(22)20(2)14(18-21)10-3-4-10/h5-7,10H,3-4,8-9H2,1-2H3. The lowest BCUT2D eigenvalue weighted by Crippen LogP contribution is -2.23. The molecule has 1 aromatic carbocycles. The van der Waals surface area contributed by atoms with Gasteiger partial charge in [0.2, 0.25) is 0 Å². The minimum Gasteiger partial charge on any atom is -0.307 e. The van der Waals surface area contributed by atoms with E-state index in [0.717, 1.165) is 24.7 Å². The molecule has 0 N–H and O–H groups in total. The van der Waals surface area contributed by atoms with E-state index in [1.54, 1.807) is 4.68 Å². The van der Waals surface area contributed by atoms with Crippen LogP contribution in [0.15, 0.2) is 18.2 Å². The molecule has 7 heteroatoms. The topological polar surface area (TPSA) is 26.0 Å². The van der Waals surface area contributed by atoms with E-state index >= 15 is 0 Å². The smallest absolute Gasteiger partial charge is 0.198 e. The zero-order chi connectivity index (χ0) is 15.9. The van der Waals surface area contributed by atoms with Crippen molar-refractivity contribution in [2.24, 2.45) is 7.05 Å². The van der Waals surface area contributed by atoms with Gasteiger partial charge in [0.25, 0.3) is 0 Å². The largest absolute Gasteiger partial charge is 0.307 e. The van der Waals surface area contributed by atoms with Crippen molar-refractivity contribution >= 4 is 12.2 Å². The van der Waals surface area contributed by atoms with Crippen LogP contribution in [0.5, 0.6) is 0 Å². The van der Waals surface area contributed by atoms with Crippen LogP contribution in [0.4, 0.5) is 8.78 Å². The van der Waals surface area contributed by atoms with E-state index < -0.39 is 11.6 Å². The first kappa shape index (κ1) is 15.3. The maximum atomic E-state index is 13.7. The molecule has 1 saturated carbocycles. The number of rotatable bonds is 5. The first-order valence-corrected chi connectivity index (χ1v) is 7.62. The zero-order valence-corrected chi connectivity index (χ0v) is 13.4. The van der Waals surface area contributed by atoms with Crippen LogP contribution in [-0.2, 0) is 20.3 Å². The SMILES string of the molecule is CN(Cc1ccc(F)cc1F)Cn1nc(C2CC2)n(C)c1=S. The van der Waals surface area contributed by atoms with Crippen LogP contribution in [0.3, 0.4) is 0 Å². The molecule has 2 aromatic rings. The average Bonchev–Trinajstić information content (AvgIpc) is 3.25. The van der Waals surface area contributed by atoms with E-state index in [1.807, 2.05) is 23.6 Å². The van der Waals surface area contributed by atoms with E-state index in [9.17, 15) is 8.78 Å². The number of hydrogen-bond donors (Lipinski definition) is 0. The molecule has 1 aliphatic carbocycles. The Kier molecular flexibility index (Phi) is 4.10. The summed E-state index contributed by atoms with van der Waals surface area (Å²) >= 11 is 5.40. The van der Waals surface area contributed by atoms with Crippen LogP contribution in [-0.4, -0.2) is 26.3 Å². The van der Waals surface area contributed by atoms with Crippen molar-refractivity contribution in [1.29, 1.82) is 0 Å². The fourth-order valence-electron chi connectivity index (χ4n) is 2.51. The highest BCUT2D eigenvalue weighted by atomic mass is 32.1. The van der Waals surface area contributed by atoms with E-state index in [0.29, 0.717) is 29.5 Å². The summed E-state index contributed by atoms with van der Waals surface area (Å²) in [6.45, 7) is 0.833. The summed E-state index contributed by atoms with van der Waals surface area (Å²) in [4.78, 5) is 1.90. The predicted octanol–water partition coefficient (Wildman–Crippen LogP) is 3.20. The second kappa shape index (κ2) is 5.89. The maximum Gasteiger partial charge on any atom is 0.198 e. The molecular weight excluding hydrogens is 306 g/mol. The van der Waals surface area contributed by atoms with Gasteiger partial charge in [-0.2, -0.15) is 5.10 Å². The monoisotopic (exact) mass is 324 g/mol. The average molecular weight is 324 g/mol. The Balaban J connectivity index is 1.73. The van der Waals surface area contributed by atoms with Gasteiger partial charge in [0.05, 0.1) is 6.67 Å². The van der Waals surface area contributed by atoms with E-state index in [4.69, 9.17) is 12.2 Å². The Morgan fingerprint density at radius 1 is 1.36 bits per heavy atom. The van der Waals surface area contributed by atoms with Gasteiger partial charge in [-0.25, -0.2) is 13.5 Å². The van der Waals surface area contributed by atoms with Crippen LogP contribution < -0.4 is 0 Å². The summed E-state index contributed by atoms with van der Waals surface area (Å²) in [7, 11) is 3.79. The third kappa shape index (κ3) is 3.10. The Bertz CT molecular complexity index is 748. The molecule has 0 atom stereocenters. The second-order valence-corrected chi connectivity index (χ2v) is 6.23. The van der Waals surface area contributed by atoms with Gasteiger partial charge in [-0.3, -0.25) is 4.90 Å². The van der Waals surface area contributed by atoms with Gasteiger partial charge in [0.15, 0.2) is 4.77 Å². The highest BCUT2D eigenvalue weighted by Crippen LogP contribution is 2.38. The summed E-state index contributed by atoms with van der Waals surface area (Å²) < 4.78 is 31.0. The minimum atomic E-state index is -0.565. The van der Waals surface area contributed by atoms with Crippen molar-refractivity contribution in [2.75, 3.05) is 7.05 Å². The summed E-state index contributed by atoms with van der Waals surface area (Å²) in [5.74, 6) is 0.444. The first-order chi connectivity index (χ1) is 10.5. The summed E-state index contributed by atoms with van der Waals surface area (Å²) in [5, 5.41) is 4.57. The summed E-state index contributed by atoms with van der Waals surface area (Å²) in [6.07, 6.45) is 2.33. The van der Waals surface area contributed by atoms with Crippen LogP contribution in [0.1, 0.15) is 30.1 Å². The van der Waals surface area contributed by atoms with Gasteiger partial charge in [-0.1, -0.05) is 6.07 Å². The molecule has 0 amide bonds. The van der Waals surface area contributed by atoms with Gasteiger partial charge in [-0.05, 0) is 38.2 Å². The van der Waals surface area contributed by atoms with Crippen LogP contribution in [0.25, 0.3) is 0 Å².